The van der Waals surface area contributed by atoms with Crippen LogP contribution in [0.5, 0.6) is 0 Å². The van der Waals surface area contributed by atoms with E-state index >= 15 is 0 Å². The summed E-state index contributed by atoms with van der Waals surface area (Å²) in [5.74, 6) is -2.20. The predicted octanol–water partition coefficient (Wildman–Crippen LogP) is 1.70. The third kappa shape index (κ3) is 3.34. The van der Waals surface area contributed by atoms with Crippen molar-refractivity contribution in [1.82, 2.24) is 31.0 Å². The van der Waals surface area contributed by atoms with Gasteiger partial charge < -0.3 is 0 Å². The molecule has 9 nitrogen and oxygen atoms in total. The summed E-state index contributed by atoms with van der Waals surface area (Å²) in [5.41, 5.74) is 5.48. The first-order chi connectivity index (χ1) is 14.3. The summed E-state index contributed by atoms with van der Waals surface area (Å²) in [6.07, 6.45) is 0. The molecule has 0 spiro atoms. The third-order valence-electron chi connectivity index (χ3n) is 4.59. The van der Waals surface area contributed by atoms with Crippen LogP contribution in [0, 0.1) is 19.7 Å². The van der Waals surface area contributed by atoms with Gasteiger partial charge in [-0.3, -0.25) is 25.2 Å². The highest BCUT2D eigenvalue weighted by Crippen LogP contribution is 2.19. The van der Waals surface area contributed by atoms with Gasteiger partial charge in [0.25, 0.3) is 17.4 Å². The van der Waals surface area contributed by atoms with Gasteiger partial charge in [-0.15, -0.1) is 0 Å². The van der Waals surface area contributed by atoms with Gasteiger partial charge in [-0.1, -0.05) is 18.2 Å². The Morgan fingerprint density at radius 2 is 1.63 bits per heavy atom. The van der Waals surface area contributed by atoms with Crippen molar-refractivity contribution in [3.63, 3.8) is 0 Å². The summed E-state index contributed by atoms with van der Waals surface area (Å²) in [5, 5.41) is 6.60. The zero-order chi connectivity index (χ0) is 21.4. The van der Waals surface area contributed by atoms with Crippen molar-refractivity contribution in [1.29, 1.82) is 0 Å². The Labute approximate surface area is 168 Å². The number of nitrogens with zero attached hydrogens (tertiary/aromatic N) is 3. The van der Waals surface area contributed by atoms with Gasteiger partial charge in [-0.05, 0) is 26.0 Å². The predicted molar refractivity (Wildman–Crippen MR) is 106 cm³/mol. The van der Waals surface area contributed by atoms with Crippen LogP contribution in [0.1, 0.15) is 32.2 Å². The molecule has 0 aliphatic carbocycles. The van der Waals surface area contributed by atoms with E-state index in [1.165, 1.54) is 6.07 Å². The lowest BCUT2D eigenvalue weighted by atomic mass is 10.1. The Balaban J connectivity index is 1.63. The van der Waals surface area contributed by atoms with Crippen LogP contribution in [0.4, 0.5) is 4.39 Å². The smallest absolute Gasteiger partial charge is 0.267 e. The van der Waals surface area contributed by atoms with E-state index in [1.807, 2.05) is 0 Å². The van der Waals surface area contributed by atoms with Crippen LogP contribution < -0.4 is 16.4 Å². The number of carbonyl (C=O) groups excluding carboxylic acids is 2. The van der Waals surface area contributed by atoms with Gasteiger partial charge in [0.15, 0.2) is 5.69 Å². The minimum atomic E-state index is -0.779. The van der Waals surface area contributed by atoms with Crippen LogP contribution in [-0.2, 0) is 0 Å². The first-order valence-corrected chi connectivity index (χ1v) is 8.88. The average molecular weight is 406 g/mol. The largest absolute Gasteiger partial charge is 0.290 e. The molecule has 0 unspecified atom stereocenters. The molecule has 0 saturated heterocycles. The zero-order valence-electron chi connectivity index (χ0n) is 15.9. The molecule has 0 fully saturated rings. The Morgan fingerprint density at radius 1 is 0.967 bits per heavy atom. The normalized spacial score (nSPS) is 10.9. The summed E-state index contributed by atoms with van der Waals surface area (Å²) >= 11 is 0. The number of benzene rings is 2. The van der Waals surface area contributed by atoms with Gasteiger partial charge in [0.05, 0.1) is 27.9 Å². The molecule has 0 atom stereocenters. The Morgan fingerprint density at radius 3 is 2.40 bits per heavy atom. The fraction of sp³-hybridized carbons (Fsp3) is 0.100. The molecule has 150 valence electrons. The van der Waals surface area contributed by atoms with Crippen molar-refractivity contribution in [2.45, 2.75) is 13.8 Å². The number of nitrogens with one attached hydrogen (secondary N) is 3. The van der Waals surface area contributed by atoms with Crippen LogP contribution in [0.25, 0.3) is 21.8 Å². The lowest BCUT2D eigenvalue weighted by molar-refractivity contribution is 0.0845. The molecule has 3 N–H and O–H groups in total. The van der Waals surface area contributed by atoms with Gasteiger partial charge >= 0.3 is 0 Å². The minimum absolute atomic E-state index is 0.0825. The third-order valence-corrected chi connectivity index (χ3v) is 4.59. The lowest BCUT2D eigenvalue weighted by Gasteiger charge is -2.10. The molecule has 2 amide bonds. The lowest BCUT2D eigenvalue weighted by Crippen LogP contribution is -2.42. The van der Waals surface area contributed by atoms with Crippen LogP contribution in [0.3, 0.4) is 0 Å². The number of aromatic amines is 1. The zero-order valence-corrected chi connectivity index (χ0v) is 15.9. The standard InChI is InChI=1S/C20H15FN6O3/c1-9-10(2)23-16-14(7-11(21)8-15(16)22-9)19(29)26-27-20(30)17-12-5-3-4-6-13(12)18(28)25-24-17/h3-8H,1-2H3,(H,25,28)(H,26,29)(H,27,30). The fourth-order valence-electron chi connectivity index (χ4n) is 3.00. The quantitative estimate of drug-likeness (QED) is 0.435. The molecule has 0 radical (unpaired) electrons. The summed E-state index contributed by atoms with van der Waals surface area (Å²) in [6, 6.07) is 8.62. The van der Waals surface area contributed by atoms with Gasteiger partial charge in [0.1, 0.15) is 11.3 Å². The summed E-state index contributed by atoms with van der Waals surface area (Å²) in [6.45, 7) is 3.45. The molecular weight excluding hydrogens is 391 g/mol. The van der Waals surface area contributed by atoms with Crippen molar-refractivity contribution in [2.24, 2.45) is 0 Å². The van der Waals surface area contributed by atoms with E-state index in [0.29, 0.717) is 16.8 Å². The molecule has 0 aliphatic heterocycles. The maximum atomic E-state index is 14.0. The second-order valence-corrected chi connectivity index (χ2v) is 6.57. The Kier molecular flexibility index (Phi) is 4.66. The van der Waals surface area contributed by atoms with Crippen LogP contribution >= 0.6 is 0 Å². The SMILES string of the molecule is Cc1nc2cc(F)cc(C(=O)NNC(=O)c3n[nH]c(=O)c4ccccc34)c2nc1C. The van der Waals surface area contributed by atoms with E-state index in [4.69, 9.17) is 0 Å². The summed E-state index contributed by atoms with van der Waals surface area (Å²) in [4.78, 5) is 45.6. The number of carbonyl (C=O) groups is 2. The highest BCUT2D eigenvalue weighted by molar-refractivity contribution is 6.08. The first-order valence-electron chi connectivity index (χ1n) is 8.88. The molecule has 2 aromatic heterocycles. The number of halogens is 1. The number of fused-ring (bicyclic) bond motifs is 2. The van der Waals surface area contributed by atoms with Crippen LogP contribution in [0.2, 0.25) is 0 Å². The first kappa shape index (κ1) is 19.1. The number of rotatable bonds is 2. The van der Waals surface area contributed by atoms with Gasteiger partial charge in [0.2, 0.25) is 0 Å². The maximum absolute atomic E-state index is 14.0. The highest BCUT2D eigenvalue weighted by atomic mass is 19.1. The Hall–Kier alpha value is -4.21. The molecule has 4 aromatic rings. The average Bonchev–Trinajstić information content (AvgIpc) is 2.73. The fourth-order valence-corrected chi connectivity index (χ4v) is 3.00. The minimum Gasteiger partial charge on any atom is -0.267 e. The number of H-pyrrole nitrogens is 1. The monoisotopic (exact) mass is 406 g/mol. The summed E-state index contributed by atoms with van der Waals surface area (Å²) in [7, 11) is 0. The van der Waals surface area contributed by atoms with E-state index < -0.39 is 23.2 Å². The van der Waals surface area contributed by atoms with Crippen molar-refractivity contribution in [2.75, 3.05) is 0 Å². The molecule has 10 heteroatoms. The molecule has 0 saturated carbocycles. The van der Waals surface area contributed by atoms with Gasteiger partial charge in [-0.2, -0.15) is 5.10 Å². The molecule has 30 heavy (non-hydrogen) atoms. The van der Waals surface area contributed by atoms with E-state index in [1.54, 1.807) is 38.1 Å². The number of aromatic nitrogens is 4. The van der Waals surface area contributed by atoms with Gasteiger partial charge in [-0.25, -0.2) is 19.5 Å². The van der Waals surface area contributed by atoms with Gasteiger partial charge in [0, 0.05) is 11.5 Å². The van der Waals surface area contributed by atoms with Crippen molar-refractivity contribution in [3.05, 3.63) is 75.2 Å². The molecule has 0 bridgehead atoms. The maximum Gasteiger partial charge on any atom is 0.290 e. The molecule has 0 aliphatic rings. The van der Waals surface area contributed by atoms with Crippen molar-refractivity contribution in [3.8, 4) is 0 Å². The number of aryl methyl sites for hydroxylation is 2. The van der Waals surface area contributed by atoms with Crippen molar-refractivity contribution >= 4 is 33.6 Å². The number of hydrogen-bond acceptors (Lipinski definition) is 6. The second kappa shape index (κ2) is 7.32. The topological polar surface area (TPSA) is 130 Å². The van der Waals surface area contributed by atoms with Crippen LogP contribution in [0.15, 0.2) is 41.2 Å². The molecule has 2 heterocycles. The highest BCUT2D eigenvalue weighted by Gasteiger charge is 2.18. The van der Waals surface area contributed by atoms with E-state index in [9.17, 15) is 18.8 Å². The number of hydrazine groups is 1. The molecule has 4 rings (SSSR count). The summed E-state index contributed by atoms with van der Waals surface area (Å²) < 4.78 is 14.0. The van der Waals surface area contributed by atoms with Crippen LogP contribution in [-0.4, -0.2) is 32.0 Å². The van der Waals surface area contributed by atoms with E-state index in [0.717, 1.165) is 6.07 Å². The van der Waals surface area contributed by atoms with E-state index in [2.05, 4.69) is 31.0 Å². The molecule has 2 aromatic carbocycles. The number of hydrogen-bond donors (Lipinski definition) is 3. The second-order valence-electron chi connectivity index (χ2n) is 6.57. The van der Waals surface area contributed by atoms with Crippen molar-refractivity contribution < 1.29 is 14.0 Å². The Bertz CT molecular complexity index is 1400. The molecular formula is C20H15FN6O3. The van der Waals surface area contributed by atoms with E-state index in [-0.39, 0.29) is 27.7 Å². The number of amides is 2.